The van der Waals surface area contributed by atoms with Gasteiger partial charge in [-0.3, -0.25) is 9.59 Å². The topological polar surface area (TPSA) is 69.6 Å². The average molecular weight is 330 g/mol. The van der Waals surface area contributed by atoms with Crippen molar-refractivity contribution in [3.05, 3.63) is 35.9 Å². The molecule has 1 atom stereocenters. The number of rotatable bonds is 5. The minimum Gasteiger partial charge on any atom is -0.388 e. The molecular weight excluding hydrogens is 304 g/mol. The summed E-state index contributed by atoms with van der Waals surface area (Å²) in [5.74, 6) is -0.401. The van der Waals surface area contributed by atoms with E-state index >= 15 is 0 Å². The summed E-state index contributed by atoms with van der Waals surface area (Å²) in [5.41, 5.74) is 0.309. The van der Waals surface area contributed by atoms with Crippen LogP contribution >= 0.6 is 0 Å². The number of amides is 2. The molecular formula is C19H26N2O3. The Kier molecular flexibility index (Phi) is 5.19. The van der Waals surface area contributed by atoms with E-state index in [2.05, 4.69) is 5.32 Å². The normalized spacial score (nSPS) is 23.3. The second kappa shape index (κ2) is 7.34. The van der Waals surface area contributed by atoms with Crippen molar-refractivity contribution >= 4 is 11.8 Å². The zero-order valence-electron chi connectivity index (χ0n) is 14.0. The SMILES string of the molecule is O=C(NCC1(O)CCCCC1)C1CC(=O)N(Cc2ccccc2)C1. The molecule has 1 unspecified atom stereocenters. The van der Waals surface area contributed by atoms with E-state index in [0.717, 1.165) is 37.7 Å². The second-order valence-electron chi connectivity index (χ2n) is 7.16. The summed E-state index contributed by atoms with van der Waals surface area (Å²) in [5, 5.41) is 13.3. The summed E-state index contributed by atoms with van der Waals surface area (Å²) >= 11 is 0. The number of hydrogen-bond donors (Lipinski definition) is 2. The number of aliphatic hydroxyl groups is 1. The van der Waals surface area contributed by atoms with E-state index in [1.807, 2.05) is 30.3 Å². The summed E-state index contributed by atoms with van der Waals surface area (Å²) in [7, 11) is 0. The molecule has 5 heteroatoms. The molecule has 130 valence electrons. The fourth-order valence-electron chi connectivity index (χ4n) is 3.69. The highest BCUT2D eigenvalue weighted by molar-refractivity contribution is 5.89. The molecule has 3 rings (SSSR count). The first-order chi connectivity index (χ1) is 11.6. The number of nitrogens with zero attached hydrogens (tertiary/aromatic N) is 1. The summed E-state index contributed by atoms with van der Waals surface area (Å²) in [6.45, 7) is 1.31. The van der Waals surface area contributed by atoms with Crippen LogP contribution in [0.4, 0.5) is 0 Å². The van der Waals surface area contributed by atoms with Crippen LogP contribution < -0.4 is 5.32 Å². The lowest BCUT2D eigenvalue weighted by Crippen LogP contribution is -2.46. The quantitative estimate of drug-likeness (QED) is 0.865. The summed E-state index contributed by atoms with van der Waals surface area (Å²) < 4.78 is 0. The van der Waals surface area contributed by atoms with Crippen LogP contribution in [0.1, 0.15) is 44.1 Å². The fraction of sp³-hybridized carbons (Fsp3) is 0.579. The van der Waals surface area contributed by atoms with Crippen LogP contribution in [0.15, 0.2) is 30.3 Å². The third kappa shape index (κ3) is 4.15. The monoisotopic (exact) mass is 330 g/mol. The van der Waals surface area contributed by atoms with Crippen molar-refractivity contribution in [3.8, 4) is 0 Å². The maximum absolute atomic E-state index is 12.4. The van der Waals surface area contributed by atoms with Crippen LogP contribution in [0, 0.1) is 5.92 Å². The number of carbonyl (C=O) groups excluding carboxylic acids is 2. The van der Waals surface area contributed by atoms with E-state index in [-0.39, 0.29) is 24.2 Å². The van der Waals surface area contributed by atoms with E-state index in [4.69, 9.17) is 0 Å². The van der Waals surface area contributed by atoms with E-state index in [1.54, 1.807) is 4.90 Å². The Labute approximate surface area is 143 Å². The molecule has 0 spiro atoms. The second-order valence-corrected chi connectivity index (χ2v) is 7.16. The molecule has 24 heavy (non-hydrogen) atoms. The molecule has 2 aliphatic rings. The van der Waals surface area contributed by atoms with Gasteiger partial charge in [0, 0.05) is 26.1 Å². The highest BCUT2D eigenvalue weighted by Gasteiger charge is 2.36. The van der Waals surface area contributed by atoms with Gasteiger partial charge in [0.1, 0.15) is 0 Å². The van der Waals surface area contributed by atoms with Crippen LogP contribution in [0.2, 0.25) is 0 Å². The van der Waals surface area contributed by atoms with Gasteiger partial charge in [-0.1, -0.05) is 49.6 Å². The molecule has 1 aromatic rings. The Hall–Kier alpha value is -1.88. The van der Waals surface area contributed by atoms with E-state index < -0.39 is 5.60 Å². The van der Waals surface area contributed by atoms with Crippen molar-refractivity contribution < 1.29 is 14.7 Å². The smallest absolute Gasteiger partial charge is 0.225 e. The molecule has 0 bridgehead atoms. The third-order valence-electron chi connectivity index (χ3n) is 5.18. The van der Waals surface area contributed by atoms with Crippen LogP contribution in [0.3, 0.4) is 0 Å². The van der Waals surface area contributed by atoms with Gasteiger partial charge in [-0.15, -0.1) is 0 Å². The molecule has 5 nitrogen and oxygen atoms in total. The Morgan fingerprint density at radius 3 is 2.62 bits per heavy atom. The van der Waals surface area contributed by atoms with Gasteiger partial charge in [-0.2, -0.15) is 0 Å². The Balaban J connectivity index is 1.50. The molecule has 1 aromatic carbocycles. The van der Waals surface area contributed by atoms with Crippen molar-refractivity contribution in [1.29, 1.82) is 0 Å². The van der Waals surface area contributed by atoms with Gasteiger partial charge in [0.2, 0.25) is 11.8 Å². The number of nitrogens with one attached hydrogen (secondary N) is 1. The molecule has 1 heterocycles. The average Bonchev–Trinajstić information content (AvgIpc) is 2.95. The van der Waals surface area contributed by atoms with Gasteiger partial charge >= 0.3 is 0 Å². The number of hydrogen-bond acceptors (Lipinski definition) is 3. The van der Waals surface area contributed by atoms with Crippen LogP contribution in [0.5, 0.6) is 0 Å². The predicted molar refractivity (Wildman–Crippen MR) is 91.0 cm³/mol. The lowest BCUT2D eigenvalue weighted by atomic mass is 9.85. The standard InChI is InChI=1S/C19H26N2O3/c22-17-11-16(13-21(17)12-15-7-3-1-4-8-15)18(23)20-14-19(24)9-5-2-6-10-19/h1,3-4,7-8,16,24H,2,5-6,9-14H2,(H,20,23). The van der Waals surface area contributed by atoms with Crippen LogP contribution in [0.25, 0.3) is 0 Å². The van der Waals surface area contributed by atoms with E-state index in [1.165, 1.54) is 0 Å². The maximum Gasteiger partial charge on any atom is 0.225 e. The Bertz CT molecular complexity index is 582. The van der Waals surface area contributed by atoms with Gasteiger partial charge in [0.15, 0.2) is 0 Å². The van der Waals surface area contributed by atoms with Crippen LogP contribution in [-0.2, 0) is 16.1 Å². The van der Waals surface area contributed by atoms with Crippen molar-refractivity contribution in [2.24, 2.45) is 5.92 Å². The van der Waals surface area contributed by atoms with Gasteiger partial charge < -0.3 is 15.3 Å². The summed E-state index contributed by atoms with van der Waals surface area (Å²) in [4.78, 5) is 26.3. The molecule has 2 fully saturated rings. The molecule has 1 saturated heterocycles. The third-order valence-corrected chi connectivity index (χ3v) is 5.18. The molecule has 1 aliphatic heterocycles. The number of likely N-dealkylation sites (tertiary alicyclic amines) is 1. The van der Waals surface area contributed by atoms with E-state index in [0.29, 0.717) is 19.6 Å². The zero-order chi connectivity index (χ0) is 17.0. The highest BCUT2D eigenvalue weighted by atomic mass is 16.3. The summed E-state index contributed by atoms with van der Waals surface area (Å²) in [6.07, 6.45) is 4.94. The Morgan fingerprint density at radius 2 is 1.92 bits per heavy atom. The van der Waals surface area contributed by atoms with Gasteiger partial charge in [0.05, 0.1) is 11.5 Å². The number of benzene rings is 1. The molecule has 2 amide bonds. The first-order valence-electron chi connectivity index (χ1n) is 8.88. The first kappa shape index (κ1) is 17.0. The van der Waals surface area contributed by atoms with Gasteiger partial charge in [-0.05, 0) is 18.4 Å². The predicted octanol–water partition coefficient (Wildman–Crippen LogP) is 1.85. The maximum atomic E-state index is 12.4. The highest BCUT2D eigenvalue weighted by Crippen LogP contribution is 2.27. The summed E-state index contributed by atoms with van der Waals surface area (Å²) in [6, 6.07) is 9.82. The van der Waals surface area contributed by atoms with Gasteiger partial charge in [0.25, 0.3) is 0 Å². The molecule has 0 radical (unpaired) electrons. The minimum atomic E-state index is -0.764. The molecule has 1 aliphatic carbocycles. The zero-order valence-corrected chi connectivity index (χ0v) is 14.0. The van der Waals surface area contributed by atoms with Crippen molar-refractivity contribution in [2.75, 3.05) is 13.1 Å². The fourth-order valence-corrected chi connectivity index (χ4v) is 3.69. The lowest BCUT2D eigenvalue weighted by molar-refractivity contribution is -0.129. The largest absolute Gasteiger partial charge is 0.388 e. The first-order valence-corrected chi connectivity index (χ1v) is 8.88. The van der Waals surface area contributed by atoms with Crippen molar-refractivity contribution in [3.63, 3.8) is 0 Å². The Morgan fingerprint density at radius 1 is 1.21 bits per heavy atom. The molecule has 0 aromatic heterocycles. The van der Waals surface area contributed by atoms with Crippen molar-refractivity contribution in [1.82, 2.24) is 10.2 Å². The molecule has 1 saturated carbocycles. The molecule has 2 N–H and O–H groups in total. The van der Waals surface area contributed by atoms with E-state index in [9.17, 15) is 14.7 Å². The lowest BCUT2D eigenvalue weighted by Gasteiger charge is -2.32. The van der Waals surface area contributed by atoms with Crippen LogP contribution in [-0.4, -0.2) is 40.5 Å². The number of carbonyl (C=O) groups is 2. The van der Waals surface area contributed by atoms with Crippen molar-refractivity contribution in [2.45, 2.75) is 50.7 Å². The minimum absolute atomic E-state index is 0.0235. The van der Waals surface area contributed by atoms with Gasteiger partial charge in [-0.25, -0.2) is 0 Å².